The second-order valence-electron chi connectivity index (χ2n) is 3.59. The van der Waals surface area contributed by atoms with Gasteiger partial charge in [-0.1, -0.05) is 17.7 Å². The van der Waals surface area contributed by atoms with Gasteiger partial charge in [-0.25, -0.2) is 4.39 Å². The van der Waals surface area contributed by atoms with Gasteiger partial charge in [0.2, 0.25) is 0 Å². The van der Waals surface area contributed by atoms with E-state index < -0.39 is 5.82 Å². The second kappa shape index (κ2) is 5.50. The van der Waals surface area contributed by atoms with Gasteiger partial charge in [-0.15, -0.1) is 0 Å². The maximum atomic E-state index is 13.0. The monoisotopic (exact) mass is 327 g/mol. The molecule has 0 aromatic heterocycles. The number of halogens is 3. The Bertz CT molecular complexity index is 603. The summed E-state index contributed by atoms with van der Waals surface area (Å²) in [4.78, 5) is 11.9. The number of rotatable bonds is 2. The van der Waals surface area contributed by atoms with Gasteiger partial charge < -0.3 is 5.32 Å². The zero-order valence-corrected chi connectivity index (χ0v) is 11.4. The van der Waals surface area contributed by atoms with Crippen LogP contribution in [0.4, 0.5) is 10.1 Å². The van der Waals surface area contributed by atoms with E-state index in [-0.39, 0.29) is 5.91 Å². The Balaban J connectivity index is 2.19. The maximum absolute atomic E-state index is 13.0. The molecule has 0 saturated heterocycles. The largest absolute Gasteiger partial charge is 0.322 e. The lowest BCUT2D eigenvalue weighted by Crippen LogP contribution is -2.11. The van der Waals surface area contributed by atoms with Crippen molar-refractivity contribution in [1.29, 1.82) is 0 Å². The summed E-state index contributed by atoms with van der Waals surface area (Å²) in [6.07, 6.45) is 0. The molecule has 92 valence electrons. The minimum absolute atomic E-state index is 0.338. The third-order valence-electron chi connectivity index (χ3n) is 2.26. The predicted molar refractivity (Wildman–Crippen MR) is 73.5 cm³/mol. The first-order chi connectivity index (χ1) is 8.56. The van der Waals surface area contributed by atoms with Gasteiger partial charge in [-0.3, -0.25) is 4.79 Å². The number of nitrogens with one attached hydrogen (secondary N) is 1. The zero-order valence-electron chi connectivity index (χ0n) is 9.08. The highest BCUT2D eigenvalue weighted by Gasteiger charge is 2.08. The molecule has 0 aliphatic rings. The van der Waals surface area contributed by atoms with Gasteiger partial charge in [0.25, 0.3) is 5.91 Å². The van der Waals surface area contributed by atoms with Crippen LogP contribution in [0.5, 0.6) is 0 Å². The van der Waals surface area contributed by atoms with Gasteiger partial charge in [0, 0.05) is 15.7 Å². The smallest absolute Gasteiger partial charge is 0.255 e. The molecule has 0 spiro atoms. The zero-order chi connectivity index (χ0) is 13.1. The molecule has 1 amide bonds. The van der Waals surface area contributed by atoms with Crippen LogP contribution in [0.3, 0.4) is 0 Å². The molecule has 0 heterocycles. The van der Waals surface area contributed by atoms with Crippen molar-refractivity contribution in [2.24, 2.45) is 0 Å². The molecule has 0 aliphatic carbocycles. The van der Waals surface area contributed by atoms with E-state index in [0.717, 1.165) is 0 Å². The Kier molecular flexibility index (Phi) is 3.99. The summed E-state index contributed by atoms with van der Waals surface area (Å²) in [6, 6.07) is 10.6. The van der Waals surface area contributed by atoms with E-state index in [4.69, 9.17) is 11.6 Å². The first kappa shape index (κ1) is 13.1. The lowest BCUT2D eigenvalue weighted by Gasteiger charge is -2.06. The van der Waals surface area contributed by atoms with Crippen molar-refractivity contribution in [2.75, 3.05) is 5.32 Å². The number of carbonyl (C=O) groups excluding carboxylic acids is 1. The molecule has 5 heteroatoms. The summed E-state index contributed by atoms with van der Waals surface area (Å²) in [5.74, 6) is -0.739. The molecule has 2 aromatic rings. The molecular weight excluding hydrogens is 321 g/mol. The number of carbonyl (C=O) groups is 1. The van der Waals surface area contributed by atoms with Gasteiger partial charge in [-0.2, -0.15) is 0 Å². The summed E-state index contributed by atoms with van der Waals surface area (Å²) in [6.45, 7) is 0. The SMILES string of the molecule is O=C(Nc1cccc(F)c1)c1ccc(Br)c(Cl)c1. The standard InChI is InChI=1S/C13H8BrClFNO/c14-11-5-4-8(6-12(11)15)13(18)17-10-3-1-2-9(16)7-10/h1-7H,(H,17,18). The van der Waals surface area contributed by atoms with Gasteiger partial charge in [0.15, 0.2) is 0 Å². The molecule has 0 unspecified atom stereocenters. The summed E-state index contributed by atoms with van der Waals surface area (Å²) >= 11 is 9.14. The average molecular weight is 329 g/mol. The summed E-state index contributed by atoms with van der Waals surface area (Å²) in [5.41, 5.74) is 0.812. The van der Waals surface area contributed by atoms with E-state index in [1.807, 2.05) is 0 Å². The normalized spacial score (nSPS) is 10.2. The number of hydrogen-bond acceptors (Lipinski definition) is 1. The van der Waals surface area contributed by atoms with Crippen molar-refractivity contribution >= 4 is 39.1 Å². The Morgan fingerprint density at radius 2 is 2.00 bits per heavy atom. The van der Waals surface area contributed by atoms with Crippen molar-refractivity contribution in [3.05, 3.63) is 63.3 Å². The number of hydrogen-bond donors (Lipinski definition) is 1. The average Bonchev–Trinajstić information content (AvgIpc) is 2.32. The Morgan fingerprint density at radius 1 is 1.22 bits per heavy atom. The Labute approximate surface area is 117 Å². The molecule has 2 rings (SSSR count). The fourth-order valence-corrected chi connectivity index (χ4v) is 1.83. The van der Waals surface area contributed by atoms with Crippen LogP contribution in [-0.2, 0) is 0 Å². The second-order valence-corrected chi connectivity index (χ2v) is 4.85. The van der Waals surface area contributed by atoms with Crippen LogP contribution < -0.4 is 5.32 Å². The predicted octanol–water partition coefficient (Wildman–Crippen LogP) is 4.49. The van der Waals surface area contributed by atoms with Crippen LogP contribution >= 0.6 is 27.5 Å². The van der Waals surface area contributed by atoms with Crippen LogP contribution in [0, 0.1) is 5.82 Å². The van der Waals surface area contributed by atoms with E-state index in [1.54, 1.807) is 24.3 Å². The third kappa shape index (κ3) is 3.09. The maximum Gasteiger partial charge on any atom is 0.255 e. The van der Waals surface area contributed by atoms with Crippen molar-refractivity contribution in [1.82, 2.24) is 0 Å². The van der Waals surface area contributed by atoms with E-state index in [0.29, 0.717) is 20.7 Å². The summed E-state index contributed by atoms with van der Waals surface area (Å²) < 4.78 is 13.7. The van der Waals surface area contributed by atoms with Crippen molar-refractivity contribution in [3.8, 4) is 0 Å². The van der Waals surface area contributed by atoms with E-state index in [9.17, 15) is 9.18 Å². The van der Waals surface area contributed by atoms with Crippen molar-refractivity contribution in [2.45, 2.75) is 0 Å². The van der Waals surface area contributed by atoms with Crippen LogP contribution in [0.1, 0.15) is 10.4 Å². The molecule has 18 heavy (non-hydrogen) atoms. The summed E-state index contributed by atoms with van der Waals surface area (Å²) in [5, 5.41) is 3.04. The molecule has 0 radical (unpaired) electrons. The molecule has 2 aromatic carbocycles. The topological polar surface area (TPSA) is 29.1 Å². The van der Waals surface area contributed by atoms with Gasteiger partial charge >= 0.3 is 0 Å². The molecule has 0 bridgehead atoms. The highest BCUT2D eigenvalue weighted by molar-refractivity contribution is 9.10. The Hall–Kier alpha value is -1.39. The fourth-order valence-electron chi connectivity index (χ4n) is 1.41. The highest BCUT2D eigenvalue weighted by atomic mass is 79.9. The number of benzene rings is 2. The van der Waals surface area contributed by atoms with Crippen LogP contribution in [-0.4, -0.2) is 5.91 Å². The van der Waals surface area contributed by atoms with Gasteiger partial charge in [0.05, 0.1) is 5.02 Å². The van der Waals surface area contributed by atoms with Crippen molar-refractivity contribution in [3.63, 3.8) is 0 Å². The molecule has 2 nitrogen and oxygen atoms in total. The molecule has 0 aliphatic heterocycles. The van der Waals surface area contributed by atoms with Gasteiger partial charge in [0.1, 0.15) is 5.82 Å². The number of anilines is 1. The third-order valence-corrected chi connectivity index (χ3v) is 3.50. The molecule has 0 saturated carbocycles. The molecule has 0 fully saturated rings. The summed E-state index contributed by atoms with van der Waals surface area (Å²) in [7, 11) is 0. The molecule has 1 N–H and O–H groups in total. The quantitative estimate of drug-likeness (QED) is 0.864. The lowest BCUT2D eigenvalue weighted by molar-refractivity contribution is 0.102. The van der Waals surface area contributed by atoms with Crippen LogP contribution in [0.15, 0.2) is 46.9 Å². The first-order valence-electron chi connectivity index (χ1n) is 5.08. The highest BCUT2D eigenvalue weighted by Crippen LogP contribution is 2.23. The minimum Gasteiger partial charge on any atom is -0.322 e. The lowest BCUT2D eigenvalue weighted by atomic mass is 10.2. The van der Waals surface area contributed by atoms with E-state index in [1.165, 1.54) is 18.2 Å². The molecule has 0 atom stereocenters. The van der Waals surface area contributed by atoms with E-state index >= 15 is 0 Å². The van der Waals surface area contributed by atoms with Crippen LogP contribution in [0.25, 0.3) is 0 Å². The number of amides is 1. The van der Waals surface area contributed by atoms with E-state index in [2.05, 4.69) is 21.2 Å². The van der Waals surface area contributed by atoms with Crippen molar-refractivity contribution < 1.29 is 9.18 Å². The minimum atomic E-state index is -0.401. The molecular formula is C13H8BrClFNO. The fraction of sp³-hybridized carbons (Fsp3) is 0. The first-order valence-corrected chi connectivity index (χ1v) is 6.25. The van der Waals surface area contributed by atoms with Crippen LogP contribution in [0.2, 0.25) is 5.02 Å². The van der Waals surface area contributed by atoms with Gasteiger partial charge in [-0.05, 0) is 52.3 Å². The Morgan fingerprint density at radius 3 is 2.67 bits per heavy atom.